The molecular formula is C19H23N3O2. The van der Waals surface area contributed by atoms with Gasteiger partial charge in [0.25, 0.3) is 0 Å². The highest BCUT2D eigenvalue weighted by molar-refractivity contribution is 5.96. The molecule has 5 heteroatoms. The molecule has 0 saturated heterocycles. The van der Waals surface area contributed by atoms with Crippen molar-refractivity contribution >= 4 is 17.5 Å². The number of hydrogen-bond acceptors (Lipinski definition) is 3. The summed E-state index contributed by atoms with van der Waals surface area (Å²) in [5, 5.41) is 0. The molecule has 0 aliphatic rings. The number of carbonyl (C=O) groups excluding carboxylic acids is 2. The summed E-state index contributed by atoms with van der Waals surface area (Å²) in [6, 6.07) is 11.5. The summed E-state index contributed by atoms with van der Waals surface area (Å²) in [6.45, 7) is 6.42. The third kappa shape index (κ3) is 4.65. The second-order valence-electron chi connectivity index (χ2n) is 5.71. The molecule has 1 aromatic heterocycles. The van der Waals surface area contributed by atoms with Gasteiger partial charge in [-0.1, -0.05) is 12.1 Å². The van der Waals surface area contributed by atoms with Crippen molar-refractivity contribution in [2.24, 2.45) is 0 Å². The Labute approximate surface area is 142 Å². The van der Waals surface area contributed by atoms with Crippen LogP contribution in [0.15, 0.2) is 48.8 Å². The molecule has 0 atom stereocenters. The van der Waals surface area contributed by atoms with Crippen LogP contribution in [-0.2, 0) is 16.1 Å². The van der Waals surface area contributed by atoms with Gasteiger partial charge < -0.3 is 9.80 Å². The van der Waals surface area contributed by atoms with E-state index in [-0.39, 0.29) is 18.4 Å². The van der Waals surface area contributed by atoms with E-state index >= 15 is 0 Å². The van der Waals surface area contributed by atoms with E-state index in [0.717, 1.165) is 16.8 Å². The van der Waals surface area contributed by atoms with Crippen molar-refractivity contribution in [3.63, 3.8) is 0 Å². The number of hydrogen-bond donors (Lipinski definition) is 0. The van der Waals surface area contributed by atoms with Crippen LogP contribution in [0.2, 0.25) is 0 Å². The Hall–Kier alpha value is -2.69. The maximum atomic E-state index is 12.7. The summed E-state index contributed by atoms with van der Waals surface area (Å²) < 4.78 is 0. The number of pyridine rings is 1. The Morgan fingerprint density at radius 1 is 1.12 bits per heavy atom. The van der Waals surface area contributed by atoms with Gasteiger partial charge in [0.05, 0.1) is 0 Å². The number of aryl methyl sites for hydroxylation is 1. The first-order chi connectivity index (χ1) is 11.5. The number of benzene rings is 1. The fraction of sp³-hybridized carbons (Fsp3) is 0.316. The molecule has 1 aromatic carbocycles. The van der Waals surface area contributed by atoms with Gasteiger partial charge in [0, 0.05) is 38.1 Å². The zero-order chi connectivity index (χ0) is 17.5. The summed E-state index contributed by atoms with van der Waals surface area (Å²) in [6.07, 6.45) is 3.36. The highest BCUT2D eigenvalue weighted by Crippen LogP contribution is 2.16. The number of amides is 2. The van der Waals surface area contributed by atoms with Crippen LogP contribution in [-0.4, -0.2) is 34.8 Å². The Morgan fingerprint density at radius 2 is 1.83 bits per heavy atom. The molecular weight excluding hydrogens is 302 g/mol. The van der Waals surface area contributed by atoms with E-state index in [1.165, 1.54) is 6.92 Å². The molecule has 2 aromatic rings. The van der Waals surface area contributed by atoms with Crippen LogP contribution in [0.25, 0.3) is 0 Å². The minimum atomic E-state index is -0.125. The molecule has 0 aliphatic carbocycles. The predicted molar refractivity (Wildman–Crippen MR) is 94.5 cm³/mol. The van der Waals surface area contributed by atoms with Crippen LogP contribution in [0.3, 0.4) is 0 Å². The van der Waals surface area contributed by atoms with Gasteiger partial charge >= 0.3 is 0 Å². The zero-order valence-corrected chi connectivity index (χ0v) is 14.4. The fourth-order valence-electron chi connectivity index (χ4n) is 2.53. The lowest BCUT2D eigenvalue weighted by atomic mass is 10.2. The van der Waals surface area contributed by atoms with Gasteiger partial charge in [-0.3, -0.25) is 14.6 Å². The Morgan fingerprint density at radius 3 is 2.42 bits per heavy atom. The van der Waals surface area contributed by atoms with Crippen LogP contribution in [0.1, 0.15) is 25.0 Å². The van der Waals surface area contributed by atoms with E-state index in [1.807, 2.05) is 50.2 Å². The van der Waals surface area contributed by atoms with Crippen molar-refractivity contribution in [2.45, 2.75) is 27.3 Å². The summed E-state index contributed by atoms with van der Waals surface area (Å²) in [5.41, 5.74) is 2.90. The van der Waals surface area contributed by atoms with E-state index < -0.39 is 0 Å². The molecule has 1 heterocycles. The van der Waals surface area contributed by atoms with Gasteiger partial charge in [-0.05, 0) is 49.2 Å². The summed E-state index contributed by atoms with van der Waals surface area (Å²) in [4.78, 5) is 31.9. The smallest absolute Gasteiger partial charge is 0.246 e. The average molecular weight is 325 g/mol. The minimum Gasteiger partial charge on any atom is -0.329 e. The van der Waals surface area contributed by atoms with Crippen LogP contribution < -0.4 is 4.90 Å². The highest BCUT2D eigenvalue weighted by Gasteiger charge is 2.19. The number of likely N-dealkylation sites (N-methyl/N-ethyl adjacent to an activating group) is 1. The fourth-order valence-corrected chi connectivity index (χ4v) is 2.53. The lowest BCUT2D eigenvalue weighted by molar-refractivity contribution is -0.134. The first-order valence-electron chi connectivity index (χ1n) is 8.02. The molecule has 0 fully saturated rings. The Kier molecular flexibility index (Phi) is 6.07. The molecule has 0 N–H and O–H groups in total. The van der Waals surface area contributed by atoms with Crippen molar-refractivity contribution in [1.82, 2.24) is 9.88 Å². The zero-order valence-electron chi connectivity index (χ0n) is 14.4. The number of rotatable bonds is 6. The van der Waals surface area contributed by atoms with Gasteiger partial charge in [0.1, 0.15) is 6.54 Å². The van der Waals surface area contributed by atoms with Crippen molar-refractivity contribution in [1.29, 1.82) is 0 Å². The summed E-state index contributed by atoms with van der Waals surface area (Å²) >= 11 is 0. The van der Waals surface area contributed by atoms with E-state index in [4.69, 9.17) is 0 Å². The lowest BCUT2D eigenvalue weighted by Crippen LogP contribution is -2.42. The first kappa shape index (κ1) is 17.7. The lowest BCUT2D eigenvalue weighted by Gasteiger charge is -2.26. The van der Waals surface area contributed by atoms with Crippen molar-refractivity contribution in [2.75, 3.05) is 18.0 Å². The minimum absolute atomic E-state index is 0.0550. The molecule has 0 saturated carbocycles. The van der Waals surface area contributed by atoms with E-state index in [9.17, 15) is 9.59 Å². The molecule has 0 bridgehead atoms. The molecule has 0 aliphatic heterocycles. The Balaban J connectivity index is 2.12. The Bertz CT molecular complexity index is 701. The van der Waals surface area contributed by atoms with Crippen molar-refractivity contribution in [3.05, 3.63) is 59.9 Å². The van der Waals surface area contributed by atoms with Gasteiger partial charge in [0.2, 0.25) is 11.8 Å². The number of anilines is 1. The topological polar surface area (TPSA) is 53.5 Å². The average Bonchev–Trinajstić information content (AvgIpc) is 2.56. The van der Waals surface area contributed by atoms with Gasteiger partial charge in [-0.2, -0.15) is 0 Å². The SMILES string of the molecule is CCN(C(=O)CN(Cc1ccncc1)C(C)=O)c1cccc(C)c1. The maximum absolute atomic E-state index is 12.7. The second kappa shape index (κ2) is 8.24. The van der Waals surface area contributed by atoms with Crippen LogP contribution >= 0.6 is 0 Å². The van der Waals surface area contributed by atoms with E-state index in [1.54, 1.807) is 22.2 Å². The van der Waals surface area contributed by atoms with Gasteiger partial charge in [0.15, 0.2) is 0 Å². The standard InChI is InChI=1S/C19H23N3O2/c1-4-22(18-7-5-6-15(2)12-18)19(24)14-21(16(3)23)13-17-8-10-20-11-9-17/h5-12H,4,13-14H2,1-3H3. The maximum Gasteiger partial charge on any atom is 0.246 e. The number of nitrogens with zero attached hydrogens (tertiary/aromatic N) is 3. The van der Waals surface area contributed by atoms with E-state index in [2.05, 4.69) is 4.98 Å². The van der Waals surface area contributed by atoms with Crippen molar-refractivity contribution in [3.8, 4) is 0 Å². The van der Waals surface area contributed by atoms with E-state index in [0.29, 0.717) is 13.1 Å². The monoisotopic (exact) mass is 325 g/mol. The largest absolute Gasteiger partial charge is 0.329 e. The first-order valence-corrected chi connectivity index (χ1v) is 8.02. The number of carbonyl (C=O) groups is 2. The number of aromatic nitrogens is 1. The molecule has 0 spiro atoms. The van der Waals surface area contributed by atoms with Crippen LogP contribution in [0.4, 0.5) is 5.69 Å². The third-order valence-corrected chi connectivity index (χ3v) is 3.82. The van der Waals surface area contributed by atoms with Crippen LogP contribution in [0.5, 0.6) is 0 Å². The normalized spacial score (nSPS) is 10.3. The van der Waals surface area contributed by atoms with Crippen molar-refractivity contribution < 1.29 is 9.59 Å². The molecule has 5 nitrogen and oxygen atoms in total. The quantitative estimate of drug-likeness (QED) is 0.820. The highest BCUT2D eigenvalue weighted by atomic mass is 16.2. The molecule has 2 rings (SSSR count). The predicted octanol–water partition coefficient (Wildman–Crippen LogP) is 2.79. The van der Waals surface area contributed by atoms with Gasteiger partial charge in [-0.15, -0.1) is 0 Å². The molecule has 24 heavy (non-hydrogen) atoms. The summed E-state index contributed by atoms with van der Waals surface area (Å²) in [5.74, 6) is -0.215. The van der Waals surface area contributed by atoms with Crippen LogP contribution in [0, 0.1) is 6.92 Å². The molecule has 126 valence electrons. The summed E-state index contributed by atoms with van der Waals surface area (Å²) in [7, 11) is 0. The molecule has 0 unspecified atom stereocenters. The molecule has 0 radical (unpaired) electrons. The third-order valence-electron chi connectivity index (χ3n) is 3.82. The van der Waals surface area contributed by atoms with Gasteiger partial charge in [-0.25, -0.2) is 0 Å². The second-order valence-corrected chi connectivity index (χ2v) is 5.71. The molecule has 2 amide bonds.